The Balaban J connectivity index is 1.93. The topological polar surface area (TPSA) is 55.6 Å². The summed E-state index contributed by atoms with van der Waals surface area (Å²) in [6, 6.07) is 6.30. The summed E-state index contributed by atoms with van der Waals surface area (Å²) in [6.07, 6.45) is 2.76. The van der Waals surface area contributed by atoms with Crippen molar-refractivity contribution in [3.8, 4) is 0 Å². The second-order valence-corrected chi connectivity index (χ2v) is 6.64. The lowest BCUT2D eigenvalue weighted by atomic mass is 9.82. The monoisotopic (exact) mass is 322 g/mol. The van der Waals surface area contributed by atoms with Gasteiger partial charge < -0.3 is 15.4 Å². The van der Waals surface area contributed by atoms with Crippen molar-refractivity contribution in [1.82, 2.24) is 4.90 Å². The van der Waals surface area contributed by atoms with Gasteiger partial charge in [-0.25, -0.2) is 4.39 Å². The number of rotatable bonds is 6. The third-order valence-electron chi connectivity index (χ3n) is 4.51. The Morgan fingerprint density at radius 1 is 1.39 bits per heavy atom. The van der Waals surface area contributed by atoms with Crippen LogP contribution in [0.1, 0.15) is 38.7 Å². The fourth-order valence-corrected chi connectivity index (χ4v) is 2.95. The van der Waals surface area contributed by atoms with Gasteiger partial charge in [-0.3, -0.25) is 4.79 Å². The van der Waals surface area contributed by atoms with Gasteiger partial charge in [0.15, 0.2) is 0 Å². The molecule has 4 nitrogen and oxygen atoms in total. The van der Waals surface area contributed by atoms with Crippen LogP contribution in [-0.2, 0) is 14.9 Å². The molecule has 5 heteroatoms. The second-order valence-electron chi connectivity index (χ2n) is 6.64. The zero-order valence-corrected chi connectivity index (χ0v) is 14.1. The van der Waals surface area contributed by atoms with Crippen LogP contribution in [0.5, 0.6) is 0 Å². The SMILES string of the molecule is CC(C)(C(=O)N1CCC(OCCCN)CC1)c1cccc(F)c1. The highest BCUT2D eigenvalue weighted by Gasteiger charge is 2.35. The molecule has 0 atom stereocenters. The van der Waals surface area contributed by atoms with Crippen molar-refractivity contribution in [3.05, 3.63) is 35.6 Å². The van der Waals surface area contributed by atoms with Crippen LogP contribution < -0.4 is 5.73 Å². The first kappa shape index (κ1) is 17.9. The van der Waals surface area contributed by atoms with Gasteiger partial charge >= 0.3 is 0 Å². The Labute approximate surface area is 137 Å². The molecule has 0 saturated carbocycles. The maximum Gasteiger partial charge on any atom is 0.232 e. The summed E-state index contributed by atoms with van der Waals surface area (Å²) in [5.41, 5.74) is 5.45. The molecule has 128 valence electrons. The molecule has 0 radical (unpaired) electrons. The Morgan fingerprint density at radius 2 is 2.09 bits per heavy atom. The van der Waals surface area contributed by atoms with Crippen LogP contribution >= 0.6 is 0 Å². The minimum atomic E-state index is -0.727. The van der Waals surface area contributed by atoms with Crippen molar-refractivity contribution in [2.45, 2.75) is 44.6 Å². The predicted molar refractivity (Wildman–Crippen MR) is 88.7 cm³/mol. The number of benzene rings is 1. The maximum absolute atomic E-state index is 13.5. The van der Waals surface area contributed by atoms with Gasteiger partial charge in [-0.1, -0.05) is 12.1 Å². The molecule has 1 aliphatic heterocycles. The standard InChI is InChI=1S/C18H27FN2O2/c1-18(2,14-5-3-6-15(19)13-14)17(22)21-10-7-16(8-11-21)23-12-4-9-20/h3,5-6,13,16H,4,7-12,20H2,1-2H3. The number of nitrogens with zero attached hydrogens (tertiary/aromatic N) is 1. The number of halogens is 1. The lowest BCUT2D eigenvalue weighted by Gasteiger charge is -2.37. The van der Waals surface area contributed by atoms with Crippen molar-refractivity contribution in [1.29, 1.82) is 0 Å². The molecule has 0 bridgehead atoms. The Morgan fingerprint density at radius 3 is 2.70 bits per heavy atom. The van der Waals surface area contributed by atoms with E-state index in [1.54, 1.807) is 6.07 Å². The maximum atomic E-state index is 13.5. The summed E-state index contributed by atoms with van der Waals surface area (Å²) in [7, 11) is 0. The van der Waals surface area contributed by atoms with E-state index in [4.69, 9.17) is 10.5 Å². The molecule has 1 aromatic carbocycles. The average molecular weight is 322 g/mol. The van der Waals surface area contributed by atoms with E-state index in [0.717, 1.165) is 19.3 Å². The molecule has 1 amide bonds. The number of amides is 1. The number of carbonyl (C=O) groups excluding carboxylic acids is 1. The number of hydrogen-bond acceptors (Lipinski definition) is 3. The van der Waals surface area contributed by atoms with Crippen LogP contribution in [0, 0.1) is 5.82 Å². The van der Waals surface area contributed by atoms with Crippen LogP contribution in [0.15, 0.2) is 24.3 Å². The van der Waals surface area contributed by atoms with E-state index in [9.17, 15) is 9.18 Å². The number of piperidine rings is 1. The van der Waals surface area contributed by atoms with Gasteiger partial charge in [-0.2, -0.15) is 0 Å². The van der Waals surface area contributed by atoms with E-state index in [1.807, 2.05) is 24.8 Å². The Hall–Kier alpha value is -1.46. The summed E-state index contributed by atoms with van der Waals surface area (Å²) < 4.78 is 19.2. The lowest BCUT2D eigenvalue weighted by Crippen LogP contribution is -2.48. The largest absolute Gasteiger partial charge is 0.378 e. The van der Waals surface area contributed by atoms with E-state index >= 15 is 0 Å². The van der Waals surface area contributed by atoms with Crippen molar-refractivity contribution >= 4 is 5.91 Å². The number of likely N-dealkylation sites (tertiary alicyclic amines) is 1. The molecule has 0 aliphatic carbocycles. The van der Waals surface area contributed by atoms with Crippen LogP contribution in [-0.4, -0.2) is 43.2 Å². The van der Waals surface area contributed by atoms with Gasteiger partial charge in [-0.15, -0.1) is 0 Å². The van der Waals surface area contributed by atoms with Crippen LogP contribution in [0.2, 0.25) is 0 Å². The van der Waals surface area contributed by atoms with Crippen molar-refractivity contribution in [2.24, 2.45) is 5.73 Å². The zero-order valence-electron chi connectivity index (χ0n) is 14.1. The molecule has 1 heterocycles. The minimum Gasteiger partial charge on any atom is -0.378 e. The number of carbonyl (C=O) groups is 1. The minimum absolute atomic E-state index is 0.0449. The normalized spacial score (nSPS) is 16.6. The molecule has 0 unspecified atom stereocenters. The van der Waals surface area contributed by atoms with E-state index < -0.39 is 5.41 Å². The molecule has 2 N–H and O–H groups in total. The van der Waals surface area contributed by atoms with Gasteiger partial charge in [-0.05, 0) is 57.4 Å². The van der Waals surface area contributed by atoms with E-state index in [0.29, 0.717) is 31.8 Å². The molecule has 1 saturated heterocycles. The number of ether oxygens (including phenoxy) is 1. The molecular weight excluding hydrogens is 295 g/mol. The number of nitrogens with two attached hydrogens (primary N) is 1. The number of hydrogen-bond donors (Lipinski definition) is 1. The summed E-state index contributed by atoms with van der Waals surface area (Å²) >= 11 is 0. The van der Waals surface area contributed by atoms with Gasteiger partial charge in [0, 0.05) is 19.7 Å². The fourth-order valence-electron chi connectivity index (χ4n) is 2.95. The van der Waals surface area contributed by atoms with Crippen LogP contribution in [0.3, 0.4) is 0 Å². The lowest BCUT2D eigenvalue weighted by molar-refractivity contribution is -0.139. The van der Waals surface area contributed by atoms with Crippen LogP contribution in [0.4, 0.5) is 4.39 Å². The van der Waals surface area contributed by atoms with Crippen molar-refractivity contribution < 1.29 is 13.9 Å². The van der Waals surface area contributed by atoms with E-state index in [1.165, 1.54) is 12.1 Å². The van der Waals surface area contributed by atoms with Gasteiger partial charge in [0.25, 0.3) is 0 Å². The molecule has 23 heavy (non-hydrogen) atoms. The Kier molecular flexibility index (Phi) is 6.13. The highest BCUT2D eigenvalue weighted by molar-refractivity contribution is 5.87. The molecule has 1 aromatic rings. The summed E-state index contributed by atoms with van der Waals surface area (Å²) in [5, 5.41) is 0. The third-order valence-corrected chi connectivity index (χ3v) is 4.51. The molecule has 0 spiro atoms. The average Bonchev–Trinajstić information content (AvgIpc) is 2.55. The summed E-state index contributed by atoms with van der Waals surface area (Å²) in [6.45, 7) is 6.40. The molecule has 1 aliphatic rings. The highest BCUT2D eigenvalue weighted by atomic mass is 19.1. The second kappa shape index (κ2) is 7.88. The third kappa shape index (κ3) is 4.52. The first-order chi connectivity index (χ1) is 10.9. The smallest absolute Gasteiger partial charge is 0.232 e. The summed E-state index contributed by atoms with van der Waals surface area (Å²) in [4.78, 5) is 14.7. The molecule has 0 aromatic heterocycles. The van der Waals surface area contributed by atoms with Gasteiger partial charge in [0.2, 0.25) is 5.91 Å². The van der Waals surface area contributed by atoms with E-state index in [-0.39, 0.29) is 17.8 Å². The first-order valence-electron chi connectivity index (χ1n) is 8.32. The first-order valence-corrected chi connectivity index (χ1v) is 8.32. The molecule has 2 rings (SSSR count). The molecule has 1 fully saturated rings. The van der Waals surface area contributed by atoms with Gasteiger partial charge in [0.05, 0.1) is 11.5 Å². The summed E-state index contributed by atoms with van der Waals surface area (Å²) in [5.74, 6) is -0.265. The molecular formula is C18H27FN2O2. The van der Waals surface area contributed by atoms with Crippen molar-refractivity contribution in [2.75, 3.05) is 26.2 Å². The van der Waals surface area contributed by atoms with Gasteiger partial charge in [0.1, 0.15) is 5.82 Å². The highest BCUT2D eigenvalue weighted by Crippen LogP contribution is 2.28. The zero-order chi connectivity index (χ0) is 16.9. The predicted octanol–water partition coefficient (Wildman–Crippen LogP) is 2.46. The fraction of sp³-hybridized carbons (Fsp3) is 0.611. The van der Waals surface area contributed by atoms with Crippen molar-refractivity contribution in [3.63, 3.8) is 0 Å². The van der Waals surface area contributed by atoms with E-state index in [2.05, 4.69) is 0 Å². The van der Waals surface area contributed by atoms with Crippen LogP contribution in [0.25, 0.3) is 0 Å². The Bertz CT molecular complexity index is 526. The quantitative estimate of drug-likeness (QED) is 0.819.